The van der Waals surface area contributed by atoms with Crippen LogP contribution in [0.4, 0.5) is 0 Å². The zero-order valence-electron chi connectivity index (χ0n) is 38.9. The van der Waals surface area contributed by atoms with Gasteiger partial charge in [-0.25, -0.2) is 4.98 Å². The Morgan fingerprint density at radius 2 is 0.681 bits per heavy atom. The van der Waals surface area contributed by atoms with Crippen molar-refractivity contribution >= 4 is 71.5 Å². The van der Waals surface area contributed by atoms with Crippen LogP contribution in [0, 0.1) is 0 Å². The molecule has 0 radical (unpaired) electrons. The molecule has 72 heavy (non-hydrogen) atoms. The predicted octanol–water partition coefficient (Wildman–Crippen LogP) is 17.3. The SMILES string of the molecule is c1ccc2c(c1)-c1ccccc1-c1ccc(-c3ccccc3-n3c4ccccc4c4ccccc43)c(-n3c4ccccc4n4c5cc(-n6c7ccccc7c7ccccc76)ccc5nc34)c1-c1ccccc1-2. The highest BCUT2D eigenvalue weighted by Crippen LogP contribution is 2.53. The molecule has 4 aromatic heterocycles. The fourth-order valence-electron chi connectivity index (χ4n) is 12.4. The smallest absolute Gasteiger partial charge is 0.220 e. The van der Waals surface area contributed by atoms with Crippen LogP contribution in [0.15, 0.2) is 249 Å². The van der Waals surface area contributed by atoms with Gasteiger partial charge in [-0.15, -0.1) is 0 Å². The van der Waals surface area contributed by atoms with E-state index >= 15 is 0 Å². The molecule has 0 bridgehead atoms. The zero-order chi connectivity index (χ0) is 47.0. The first-order chi connectivity index (χ1) is 35.8. The summed E-state index contributed by atoms with van der Waals surface area (Å²) in [6.07, 6.45) is 0. The maximum Gasteiger partial charge on any atom is 0.220 e. The van der Waals surface area contributed by atoms with Crippen molar-refractivity contribution in [3.05, 3.63) is 249 Å². The molecular weight excluding hydrogens is 875 g/mol. The fourth-order valence-corrected chi connectivity index (χ4v) is 12.4. The monoisotopic (exact) mass is 915 g/mol. The van der Waals surface area contributed by atoms with Crippen LogP contribution in [0.3, 0.4) is 0 Å². The molecule has 0 fully saturated rings. The van der Waals surface area contributed by atoms with Crippen LogP contribution in [-0.2, 0) is 0 Å². The van der Waals surface area contributed by atoms with Crippen molar-refractivity contribution in [2.75, 3.05) is 0 Å². The Labute approximate surface area is 414 Å². The van der Waals surface area contributed by atoms with E-state index in [-0.39, 0.29) is 0 Å². The average Bonchev–Trinajstić information content (AvgIpc) is 4.18. The lowest BCUT2D eigenvalue weighted by molar-refractivity contribution is 1.11. The van der Waals surface area contributed by atoms with E-state index in [1.165, 1.54) is 82.6 Å². The van der Waals surface area contributed by atoms with Crippen LogP contribution in [0.2, 0.25) is 0 Å². The van der Waals surface area contributed by atoms with Gasteiger partial charge < -0.3 is 9.13 Å². The number of fused-ring (bicyclic) bond motifs is 19. The molecule has 0 atom stereocenters. The van der Waals surface area contributed by atoms with Crippen LogP contribution >= 0.6 is 0 Å². The molecule has 0 unspecified atom stereocenters. The minimum Gasteiger partial charge on any atom is -0.309 e. The second kappa shape index (κ2) is 14.9. The summed E-state index contributed by atoms with van der Waals surface area (Å²) >= 11 is 0. The highest BCUT2D eigenvalue weighted by Gasteiger charge is 2.30. The van der Waals surface area contributed by atoms with Crippen LogP contribution < -0.4 is 0 Å². The standard InChI is InChI=1S/C67H41N5/c1-2-20-44-43(19-1)45-21-3-4-23-47(45)54-38-39-55(52-28-11-16-34-61(52)70-59-32-14-9-26-50(59)51-27-10-15-33-60(51)70)66(65(54)53-29-6-5-22-46(44)53)72-63-36-18-17-35-62(63)71-64-41-42(37-40-56(64)68-67(71)72)69-57-30-12-7-24-48(57)49-25-8-13-31-58(49)69/h1-41H. The Hall–Kier alpha value is -9.71. The minimum atomic E-state index is 0.850. The molecule has 5 heteroatoms. The van der Waals surface area contributed by atoms with Gasteiger partial charge in [0.1, 0.15) is 0 Å². The summed E-state index contributed by atoms with van der Waals surface area (Å²) in [6, 6.07) is 91.3. The molecule has 0 aliphatic heterocycles. The third kappa shape index (κ3) is 5.34. The van der Waals surface area contributed by atoms with Crippen molar-refractivity contribution < 1.29 is 0 Å². The van der Waals surface area contributed by atoms with Crippen LogP contribution in [0.5, 0.6) is 0 Å². The first-order valence-corrected chi connectivity index (χ1v) is 24.7. The molecule has 1 aliphatic rings. The molecule has 11 aromatic carbocycles. The van der Waals surface area contributed by atoms with Crippen LogP contribution in [-0.4, -0.2) is 23.1 Å². The van der Waals surface area contributed by atoms with E-state index in [0.29, 0.717) is 0 Å². The first-order valence-electron chi connectivity index (χ1n) is 24.7. The van der Waals surface area contributed by atoms with Gasteiger partial charge in [-0.3, -0.25) is 8.97 Å². The van der Waals surface area contributed by atoms with Gasteiger partial charge in [0.15, 0.2) is 0 Å². The van der Waals surface area contributed by atoms with Crippen LogP contribution in [0.25, 0.3) is 144 Å². The molecule has 0 N–H and O–H groups in total. The summed E-state index contributed by atoms with van der Waals surface area (Å²) in [4.78, 5) is 5.70. The number of nitrogens with zero attached hydrogens (tertiary/aromatic N) is 5. The third-order valence-corrected chi connectivity index (χ3v) is 15.4. The molecule has 1 aliphatic carbocycles. The van der Waals surface area contributed by atoms with Crippen molar-refractivity contribution in [2.24, 2.45) is 0 Å². The topological polar surface area (TPSA) is 32.1 Å². The Morgan fingerprint density at radius 3 is 1.25 bits per heavy atom. The number of hydrogen-bond donors (Lipinski definition) is 0. The van der Waals surface area contributed by atoms with E-state index in [1.807, 2.05) is 0 Å². The van der Waals surface area contributed by atoms with E-state index in [2.05, 4.69) is 267 Å². The molecule has 15 aromatic rings. The number of hydrogen-bond acceptors (Lipinski definition) is 1. The Bertz CT molecular complexity index is 4650. The van der Waals surface area contributed by atoms with Gasteiger partial charge in [-0.2, -0.15) is 0 Å². The largest absolute Gasteiger partial charge is 0.309 e. The van der Waals surface area contributed by atoms with Crippen molar-refractivity contribution in [3.63, 3.8) is 0 Å². The second-order valence-electron chi connectivity index (χ2n) is 19.0. The van der Waals surface area contributed by atoms with E-state index in [4.69, 9.17) is 4.98 Å². The normalized spacial score (nSPS) is 12.2. The Kier molecular flexibility index (Phi) is 8.10. The number of rotatable bonds is 4. The summed E-state index contributed by atoms with van der Waals surface area (Å²) in [5.41, 5.74) is 23.8. The molecule has 0 saturated carbocycles. The van der Waals surface area contributed by atoms with Crippen molar-refractivity contribution in [3.8, 4) is 72.7 Å². The lowest BCUT2D eigenvalue weighted by Crippen LogP contribution is -2.07. The molecule has 0 spiro atoms. The molecule has 5 nitrogen and oxygen atoms in total. The molecule has 0 saturated heterocycles. The van der Waals surface area contributed by atoms with E-state index in [1.54, 1.807) is 0 Å². The maximum absolute atomic E-state index is 5.70. The molecule has 16 rings (SSSR count). The Balaban J connectivity index is 1.07. The van der Waals surface area contributed by atoms with E-state index in [9.17, 15) is 0 Å². The van der Waals surface area contributed by atoms with Crippen molar-refractivity contribution in [2.45, 2.75) is 0 Å². The summed E-state index contributed by atoms with van der Waals surface area (Å²) in [5.74, 6) is 0.850. The highest BCUT2D eigenvalue weighted by molar-refractivity contribution is 6.13. The lowest BCUT2D eigenvalue weighted by atomic mass is 9.79. The Morgan fingerprint density at radius 1 is 0.264 bits per heavy atom. The number of benzene rings is 11. The minimum absolute atomic E-state index is 0.850. The molecule has 4 heterocycles. The lowest BCUT2D eigenvalue weighted by Gasteiger charge is -2.27. The van der Waals surface area contributed by atoms with Gasteiger partial charge in [0.25, 0.3) is 0 Å². The van der Waals surface area contributed by atoms with Crippen LogP contribution in [0.1, 0.15) is 0 Å². The summed E-state index contributed by atoms with van der Waals surface area (Å²) in [6.45, 7) is 0. The predicted molar refractivity (Wildman–Crippen MR) is 299 cm³/mol. The van der Waals surface area contributed by atoms with Gasteiger partial charge in [0.05, 0.1) is 55.5 Å². The van der Waals surface area contributed by atoms with Gasteiger partial charge >= 0.3 is 0 Å². The molecular formula is C67H41N5. The van der Waals surface area contributed by atoms with Gasteiger partial charge in [0.2, 0.25) is 5.78 Å². The zero-order valence-corrected chi connectivity index (χ0v) is 38.9. The number of imidazole rings is 2. The van der Waals surface area contributed by atoms with Gasteiger partial charge in [0, 0.05) is 43.9 Å². The third-order valence-electron chi connectivity index (χ3n) is 15.4. The fraction of sp³-hybridized carbons (Fsp3) is 0. The first kappa shape index (κ1) is 39.2. The van der Waals surface area contributed by atoms with E-state index in [0.717, 1.165) is 61.6 Å². The molecule has 0 amide bonds. The number of para-hydroxylation sites is 7. The summed E-state index contributed by atoms with van der Waals surface area (Å²) in [5, 5.41) is 4.94. The van der Waals surface area contributed by atoms with Gasteiger partial charge in [-0.05, 0) is 99.6 Å². The van der Waals surface area contributed by atoms with Crippen molar-refractivity contribution in [1.29, 1.82) is 0 Å². The second-order valence-corrected chi connectivity index (χ2v) is 19.0. The average molecular weight is 916 g/mol. The molecule has 334 valence electrons. The number of aromatic nitrogens is 5. The van der Waals surface area contributed by atoms with Crippen molar-refractivity contribution in [1.82, 2.24) is 23.1 Å². The summed E-state index contributed by atoms with van der Waals surface area (Å²) in [7, 11) is 0. The quantitative estimate of drug-likeness (QED) is 0.173. The van der Waals surface area contributed by atoms with E-state index < -0.39 is 0 Å². The maximum atomic E-state index is 5.70. The summed E-state index contributed by atoms with van der Waals surface area (Å²) < 4.78 is 9.73. The van der Waals surface area contributed by atoms with Gasteiger partial charge in [-0.1, -0.05) is 188 Å². The highest BCUT2D eigenvalue weighted by atomic mass is 15.2.